The molecule has 0 amide bonds. The van der Waals surface area contributed by atoms with Crippen LogP contribution in [-0.4, -0.2) is 0 Å². The molecule has 3 rings (SSSR count). The highest BCUT2D eigenvalue weighted by molar-refractivity contribution is 7.99. The van der Waals surface area contributed by atoms with Gasteiger partial charge in [-0.1, -0.05) is 60.3 Å². The molecule has 0 nitrogen and oxygen atoms in total. The van der Waals surface area contributed by atoms with Crippen LogP contribution in [0.15, 0.2) is 99.6 Å². The molecule has 0 saturated carbocycles. The van der Waals surface area contributed by atoms with Gasteiger partial charge in [0.2, 0.25) is 0 Å². The van der Waals surface area contributed by atoms with Gasteiger partial charge in [-0.2, -0.15) is 0 Å². The van der Waals surface area contributed by atoms with Crippen molar-refractivity contribution in [3.8, 4) is 0 Å². The molecular formula is C20H18S2. The second kappa shape index (κ2) is 7.57. The molecule has 0 saturated heterocycles. The lowest BCUT2D eigenvalue weighted by Gasteiger charge is -2.12. The van der Waals surface area contributed by atoms with Crippen molar-refractivity contribution in [1.29, 1.82) is 0 Å². The summed E-state index contributed by atoms with van der Waals surface area (Å²) < 4.78 is 0. The maximum atomic E-state index is 2.26. The summed E-state index contributed by atoms with van der Waals surface area (Å²) in [6.07, 6.45) is 0. The summed E-state index contributed by atoms with van der Waals surface area (Å²) in [6, 6.07) is 30.0. The van der Waals surface area contributed by atoms with Crippen molar-refractivity contribution in [3.63, 3.8) is 0 Å². The van der Waals surface area contributed by atoms with E-state index in [-0.39, 0.29) is 0 Å². The molecule has 3 aromatic carbocycles. The SMILES string of the molecule is CC(Sc1ccc(Sc2ccccc2)cc1)c1ccccc1. The van der Waals surface area contributed by atoms with E-state index in [0.717, 1.165) is 0 Å². The van der Waals surface area contributed by atoms with E-state index in [1.54, 1.807) is 11.8 Å². The minimum absolute atomic E-state index is 0.467. The molecule has 0 N–H and O–H groups in total. The topological polar surface area (TPSA) is 0 Å². The molecule has 1 atom stereocenters. The second-order valence-electron chi connectivity index (χ2n) is 5.06. The van der Waals surface area contributed by atoms with Gasteiger partial charge in [0.05, 0.1) is 0 Å². The van der Waals surface area contributed by atoms with Crippen molar-refractivity contribution >= 4 is 23.5 Å². The molecule has 3 aromatic rings. The van der Waals surface area contributed by atoms with Crippen molar-refractivity contribution in [2.75, 3.05) is 0 Å². The van der Waals surface area contributed by atoms with Crippen LogP contribution in [0.3, 0.4) is 0 Å². The van der Waals surface area contributed by atoms with E-state index in [1.165, 1.54) is 20.2 Å². The summed E-state index contributed by atoms with van der Waals surface area (Å²) in [5.41, 5.74) is 1.37. The molecule has 0 fully saturated rings. The monoisotopic (exact) mass is 322 g/mol. The van der Waals surface area contributed by atoms with Gasteiger partial charge in [0.15, 0.2) is 0 Å². The minimum Gasteiger partial charge on any atom is -0.118 e. The van der Waals surface area contributed by atoms with Gasteiger partial charge in [-0.05, 0) is 48.9 Å². The van der Waals surface area contributed by atoms with E-state index in [1.807, 2.05) is 11.8 Å². The lowest BCUT2D eigenvalue weighted by atomic mass is 10.2. The fraction of sp³-hybridized carbons (Fsp3) is 0.100. The van der Waals surface area contributed by atoms with Crippen molar-refractivity contribution in [2.24, 2.45) is 0 Å². The van der Waals surface area contributed by atoms with Crippen LogP contribution >= 0.6 is 23.5 Å². The molecule has 0 aromatic heterocycles. The fourth-order valence-corrected chi connectivity index (χ4v) is 4.04. The van der Waals surface area contributed by atoms with Crippen LogP contribution in [0.5, 0.6) is 0 Å². The van der Waals surface area contributed by atoms with Crippen LogP contribution in [0.1, 0.15) is 17.7 Å². The smallest absolute Gasteiger partial charge is 0.0316 e. The number of hydrogen-bond donors (Lipinski definition) is 0. The third-order valence-corrected chi connectivity index (χ3v) is 5.57. The van der Waals surface area contributed by atoms with Gasteiger partial charge in [0.25, 0.3) is 0 Å². The molecule has 0 heterocycles. The number of hydrogen-bond acceptors (Lipinski definition) is 2. The summed E-state index contributed by atoms with van der Waals surface area (Å²) in [5, 5.41) is 0.467. The molecule has 0 aliphatic carbocycles. The van der Waals surface area contributed by atoms with Crippen LogP contribution in [0.4, 0.5) is 0 Å². The van der Waals surface area contributed by atoms with Gasteiger partial charge >= 0.3 is 0 Å². The van der Waals surface area contributed by atoms with E-state index in [9.17, 15) is 0 Å². The van der Waals surface area contributed by atoms with Gasteiger partial charge in [-0.3, -0.25) is 0 Å². The van der Waals surface area contributed by atoms with Gasteiger partial charge in [-0.25, -0.2) is 0 Å². The Bertz CT molecular complexity index is 691. The van der Waals surface area contributed by atoms with Gasteiger partial charge < -0.3 is 0 Å². The fourth-order valence-electron chi connectivity index (χ4n) is 2.21. The highest BCUT2D eigenvalue weighted by Gasteiger charge is 2.07. The Morgan fingerprint density at radius 1 is 0.591 bits per heavy atom. The summed E-state index contributed by atoms with van der Waals surface area (Å²) >= 11 is 3.70. The highest BCUT2D eigenvalue weighted by atomic mass is 32.2. The highest BCUT2D eigenvalue weighted by Crippen LogP contribution is 2.36. The number of rotatable bonds is 5. The normalized spacial score (nSPS) is 12.0. The Morgan fingerprint density at radius 3 is 1.73 bits per heavy atom. The molecule has 0 spiro atoms. The van der Waals surface area contributed by atoms with E-state index >= 15 is 0 Å². The maximum Gasteiger partial charge on any atom is 0.0316 e. The van der Waals surface area contributed by atoms with Crippen molar-refractivity contribution in [1.82, 2.24) is 0 Å². The Labute approximate surface area is 141 Å². The quantitative estimate of drug-likeness (QED) is 0.480. The standard InChI is InChI=1S/C20H18S2/c1-16(17-8-4-2-5-9-17)21-19-12-14-20(15-13-19)22-18-10-6-3-7-11-18/h2-16H,1H3. The van der Waals surface area contributed by atoms with Crippen molar-refractivity contribution in [3.05, 3.63) is 90.5 Å². The predicted molar refractivity (Wildman–Crippen MR) is 97.7 cm³/mol. The molecule has 0 aliphatic rings. The predicted octanol–water partition coefficient (Wildman–Crippen LogP) is 6.69. The third kappa shape index (κ3) is 4.19. The van der Waals surface area contributed by atoms with E-state index < -0.39 is 0 Å². The molecular weight excluding hydrogens is 304 g/mol. The summed E-state index contributed by atoms with van der Waals surface area (Å²) in [4.78, 5) is 3.87. The first-order valence-corrected chi connectivity index (χ1v) is 9.05. The van der Waals surface area contributed by atoms with Gasteiger partial charge in [0.1, 0.15) is 0 Å². The van der Waals surface area contributed by atoms with Gasteiger partial charge in [-0.15, -0.1) is 11.8 Å². The van der Waals surface area contributed by atoms with Crippen LogP contribution in [-0.2, 0) is 0 Å². The lowest BCUT2D eigenvalue weighted by Crippen LogP contribution is -1.87. The van der Waals surface area contributed by atoms with Crippen LogP contribution in [0, 0.1) is 0 Å². The van der Waals surface area contributed by atoms with Crippen molar-refractivity contribution in [2.45, 2.75) is 26.9 Å². The summed E-state index contributed by atoms with van der Waals surface area (Å²) in [6.45, 7) is 2.26. The minimum atomic E-state index is 0.467. The molecule has 110 valence electrons. The van der Waals surface area contributed by atoms with E-state index in [2.05, 4.69) is 91.9 Å². The molecule has 0 aliphatic heterocycles. The Hall–Kier alpha value is -1.64. The Balaban J connectivity index is 1.64. The number of thioether (sulfide) groups is 1. The zero-order valence-corrected chi connectivity index (χ0v) is 14.1. The second-order valence-corrected chi connectivity index (χ2v) is 7.62. The molecule has 1 unspecified atom stereocenters. The third-order valence-electron chi connectivity index (χ3n) is 3.38. The first kappa shape index (κ1) is 15.3. The first-order chi connectivity index (χ1) is 10.8. The molecule has 22 heavy (non-hydrogen) atoms. The van der Waals surface area contributed by atoms with Crippen LogP contribution < -0.4 is 0 Å². The maximum absolute atomic E-state index is 2.26. The number of benzene rings is 3. The van der Waals surface area contributed by atoms with Crippen LogP contribution in [0.25, 0.3) is 0 Å². The Kier molecular flexibility index (Phi) is 5.25. The molecule has 0 radical (unpaired) electrons. The first-order valence-electron chi connectivity index (χ1n) is 7.36. The molecule has 0 bridgehead atoms. The lowest BCUT2D eigenvalue weighted by molar-refractivity contribution is 1.09. The zero-order chi connectivity index (χ0) is 15.2. The van der Waals surface area contributed by atoms with Crippen LogP contribution in [0.2, 0.25) is 0 Å². The van der Waals surface area contributed by atoms with E-state index in [4.69, 9.17) is 0 Å². The Morgan fingerprint density at radius 2 is 1.09 bits per heavy atom. The summed E-state index contributed by atoms with van der Waals surface area (Å²) in [7, 11) is 0. The van der Waals surface area contributed by atoms with Gasteiger partial charge in [0, 0.05) is 19.9 Å². The average molecular weight is 322 g/mol. The van der Waals surface area contributed by atoms with Crippen molar-refractivity contribution < 1.29 is 0 Å². The zero-order valence-electron chi connectivity index (χ0n) is 12.5. The summed E-state index contributed by atoms with van der Waals surface area (Å²) in [5.74, 6) is 0. The van der Waals surface area contributed by atoms with E-state index in [0.29, 0.717) is 5.25 Å². The largest absolute Gasteiger partial charge is 0.118 e. The average Bonchev–Trinajstić information content (AvgIpc) is 2.58. The molecule has 2 heteroatoms.